The first-order chi connectivity index (χ1) is 9.36. The molecule has 0 spiro atoms. The second kappa shape index (κ2) is 6.09. The Morgan fingerprint density at radius 3 is 2.29 bits per heavy atom. The molecular weight excluding hydrogens is 380 g/mol. The van der Waals surface area contributed by atoms with Gasteiger partial charge in [0, 0.05) is 6.04 Å². The van der Waals surface area contributed by atoms with Crippen LogP contribution in [0.1, 0.15) is 13.8 Å². The van der Waals surface area contributed by atoms with Crippen molar-refractivity contribution in [2.24, 2.45) is 0 Å². The van der Waals surface area contributed by atoms with Crippen LogP contribution in [0.3, 0.4) is 0 Å². The standard InChI is InChI=1S/C11H13BrF4N2O2S/c1-6(2)18(5-11(14,15)16)21(19,20)10-3-7(12)8(13)4-9(10)17/h3-4,6H,5,17H2,1-2H3. The number of alkyl halides is 3. The van der Waals surface area contributed by atoms with Crippen LogP contribution >= 0.6 is 15.9 Å². The minimum absolute atomic E-state index is 0.203. The lowest BCUT2D eigenvalue weighted by Crippen LogP contribution is -2.43. The van der Waals surface area contributed by atoms with Crippen molar-refractivity contribution in [3.8, 4) is 0 Å². The van der Waals surface area contributed by atoms with E-state index in [-0.39, 0.29) is 8.78 Å². The van der Waals surface area contributed by atoms with Gasteiger partial charge in [0.25, 0.3) is 0 Å². The molecule has 0 atom stereocenters. The molecule has 0 amide bonds. The van der Waals surface area contributed by atoms with Crippen molar-refractivity contribution in [2.45, 2.75) is 31.0 Å². The number of nitrogens with zero attached hydrogens (tertiary/aromatic N) is 1. The van der Waals surface area contributed by atoms with Gasteiger partial charge in [-0.05, 0) is 41.9 Å². The Kier molecular flexibility index (Phi) is 5.27. The molecule has 0 bridgehead atoms. The van der Waals surface area contributed by atoms with E-state index in [9.17, 15) is 26.0 Å². The van der Waals surface area contributed by atoms with Crippen LogP contribution in [0.5, 0.6) is 0 Å². The molecule has 0 fully saturated rings. The third-order valence-corrected chi connectivity index (χ3v) is 5.24. The van der Waals surface area contributed by atoms with Crippen molar-refractivity contribution in [1.29, 1.82) is 0 Å². The number of sulfonamides is 1. The van der Waals surface area contributed by atoms with Gasteiger partial charge in [-0.25, -0.2) is 12.8 Å². The molecule has 0 saturated carbocycles. The Morgan fingerprint density at radius 2 is 1.86 bits per heavy atom. The van der Waals surface area contributed by atoms with Crippen LogP contribution in [0.4, 0.5) is 23.2 Å². The zero-order valence-electron chi connectivity index (χ0n) is 11.1. The van der Waals surface area contributed by atoms with E-state index in [0.717, 1.165) is 12.1 Å². The third kappa shape index (κ3) is 4.30. The molecular formula is C11H13BrF4N2O2S. The lowest BCUT2D eigenvalue weighted by molar-refractivity contribution is -0.138. The number of nitrogen functional groups attached to an aromatic ring is 1. The van der Waals surface area contributed by atoms with E-state index in [2.05, 4.69) is 15.9 Å². The maximum absolute atomic E-state index is 13.3. The van der Waals surface area contributed by atoms with E-state index in [1.807, 2.05) is 0 Å². The van der Waals surface area contributed by atoms with Gasteiger partial charge < -0.3 is 5.73 Å². The molecule has 21 heavy (non-hydrogen) atoms. The van der Waals surface area contributed by atoms with Crippen LogP contribution in [0.2, 0.25) is 0 Å². The molecule has 0 aliphatic carbocycles. The minimum atomic E-state index is -4.70. The zero-order valence-corrected chi connectivity index (χ0v) is 13.5. The van der Waals surface area contributed by atoms with Gasteiger partial charge in [0.15, 0.2) is 0 Å². The molecule has 0 saturated heterocycles. The number of benzene rings is 1. The van der Waals surface area contributed by atoms with Gasteiger partial charge in [-0.2, -0.15) is 17.5 Å². The normalized spacial score (nSPS) is 13.2. The van der Waals surface area contributed by atoms with Crippen molar-refractivity contribution < 1.29 is 26.0 Å². The summed E-state index contributed by atoms with van der Waals surface area (Å²) in [5, 5.41) is 0. The number of anilines is 1. The molecule has 4 nitrogen and oxygen atoms in total. The quantitative estimate of drug-likeness (QED) is 0.632. The van der Waals surface area contributed by atoms with Crippen LogP contribution in [0, 0.1) is 5.82 Å². The second-order valence-electron chi connectivity index (χ2n) is 4.56. The van der Waals surface area contributed by atoms with Crippen molar-refractivity contribution in [3.63, 3.8) is 0 Å². The first-order valence-electron chi connectivity index (χ1n) is 5.69. The summed E-state index contributed by atoms with van der Waals surface area (Å²) in [6, 6.07) is 0.647. The molecule has 0 heterocycles. The predicted molar refractivity (Wildman–Crippen MR) is 73.6 cm³/mol. The SMILES string of the molecule is CC(C)N(CC(F)(F)F)S(=O)(=O)c1cc(Br)c(F)cc1N. The summed E-state index contributed by atoms with van der Waals surface area (Å²) < 4.78 is 75.7. The predicted octanol–water partition coefficient (Wildman–Crippen LogP) is 3.13. The summed E-state index contributed by atoms with van der Waals surface area (Å²) in [6.07, 6.45) is -4.70. The van der Waals surface area contributed by atoms with E-state index < -0.39 is 45.2 Å². The van der Waals surface area contributed by atoms with Gasteiger partial charge in [0.1, 0.15) is 17.3 Å². The van der Waals surface area contributed by atoms with Gasteiger partial charge in [-0.1, -0.05) is 0 Å². The molecule has 1 rings (SSSR count). The monoisotopic (exact) mass is 392 g/mol. The summed E-state index contributed by atoms with van der Waals surface area (Å²) in [7, 11) is -4.51. The average Bonchev–Trinajstić information content (AvgIpc) is 2.29. The Hall–Kier alpha value is -0.870. The summed E-state index contributed by atoms with van der Waals surface area (Å²) in [4.78, 5) is -0.575. The van der Waals surface area contributed by atoms with Crippen molar-refractivity contribution in [2.75, 3.05) is 12.3 Å². The highest BCUT2D eigenvalue weighted by Gasteiger charge is 2.39. The number of nitrogens with two attached hydrogens (primary N) is 1. The van der Waals surface area contributed by atoms with Gasteiger partial charge in [-0.15, -0.1) is 0 Å². The van der Waals surface area contributed by atoms with Crippen LogP contribution in [0.25, 0.3) is 0 Å². The van der Waals surface area contributed by atoms with Crippen LogP contribution in [-0.4, -0.2) is 31.5 Å². The van der Waals surface area contributed by atoms with Gasteiger partial charge >= 0.3 is 6.18 Å². The van der Waals surface area contributed by atoms with Gasteiger partial charge in [-0.3, -0.25) is 0 Å². The number of halogens is 5. The maximum atomic E-state index is 13.3. The average molecular weight is 393 g/mol. The van der Waals surface area contributed by atoms with E-state index in [1.165, 1.54) is 13.8 Å². The molecule has 1 aromatic carbocycles. The van der Waals surface area contributed by atoms with E-state index in [0.29, 0.717) is 0 Å². The van der Waals surface area contributed by atoms with Gasteiger partial charge in [0.2, 0.25) is 10.0 Å². The Labute approximate surface area is 128 Å². The fourth-order valence-corrected chi connectivity index (χ4v) is 3.86. The minimum Gasteiger partial charge on any atom is -0.398 e. The Balaban J connectivity index is 3.40. The molecule has 2 N–H and O–H groups in total. The molecule has 1 aromatic rings. The highest BCUT2D eigenvalue weighted by molar-refractivity contribution is 9.10. The largest absolute Gasteiger partial charge is 0.402 e. The third-order valence-electron chi connectivity index (χ3n) is 2.55. The summed E-state index contributed by atoms with van der Waals surface area (Å²) in [5.74, 6) is -0.807. The van der Waals surface area contributed by atoms with E-state index in [1.54, 1.807) is 0 Å². The molecule has 0 unspecified atom stereocenters. The van der Waals surface area contributed by atoms with Crippen molar-refractivity contribution >= 4 is 31.6 Å². The fraction of sp³-hybridized carbons (Fsp3) is 0.455. The number of rotatable bonds is 4. The first kappa shape index (κ1) is 18.2. The second-order valence-corrected chi connectivity index (χ2v) is 7.28. The fourth-order valence-electron chi connectivity index (χ4n) is 1.62. The van der Waals surface area contributed by atoms with Crippen molar-refractivity contribution in [1.82, 2.24) is 4.31 Å². The van der Waals surface area contributed by atoms with Crippen LogP contribution < -0.4 is 5.73 Å². The topological polar surface area (TPSA) is 63.4 Å². The van der Waals surface area contributed by atoms with Crippen molar-refractivity contribution in [3.05, 3.63) is 22.4 Å². The zero-order chi connectivity index (χ0) is 16.6. The highest BCUT2D eigenvalue weighted by atomic mass is 79.9. The molecule has 120 valence electrons. The number of hydrogen-bond acceptors (Lipinski definition) is 3. The summed E-state index contributed by atoms with van der Waals surface area (Å²) >= 11 is 2.78. The lowest BCUT2D eigenvalue weighted by atomic mass is 10.3. The lowest BCUT2D eigenvalue weighted by Gasteiger charge is -2.27. The molecule has 0 aromatic heterocycles. The Bertz CT molecular complexity index is 632. The van der Waals surface area contributed by atoms with Crippen LogP contribution in [0.15, 0.2) is 21.5 Å². The highest BCUT2D eigenvalue weighted by Crippen LogP contribution is 2.31. The number of hydrogen-bond donors (Lipinski definition) is 1. The maximum Gasteiger partial charge on any atom is 0.402 e. The molecule has 0 radical (unpaired) electrons. The molecule has 10 heteroatoms. The van der Waals surface area contributed by atoms with Crippen LogP contribution in [-0.2, 0) is 10.0 Å². The first-order valence-corrected chi connectivity index (χ1v) is 7.92. The summed E-state index contributed by atoms with van der Waals surface area (Å²) in [6.45, 7) is 0.956. The molecule has 0 aliphatic heterocycles. The summed E-state index contributed by atoms with van der Waals surface area (Å²) in [5.41, 5.74) is 4.98. The van der Waals surface area contributed by atoms with Gasteiger partial charge in [0.05, 0.1) is 10.2 Å². The van der Waals surface area contributed by atoms with E-state index >= 15 is 0 Å². The smallest absolute Gasteiger partial charge is 0.398 e. The molecule has 0 aliphatic rings. The Morgan fingerprint density at radius 1 is 1.33 bits per heavy atom. The van der Waals surface area contributed by atoms with E-state index in [4.69, 9.17) is 5.73 Å².